The minimum atomic E-state index is -1.08. The molecule has 0 bridgehead atoms. The number of carboxylic acid groups (broad SMARTS) is 1. The van der Waals surface area contributed by atoms with E-state index in [2.05, 4.69) is 5.32 Å². The van der Waals surface area contributed by atoms with Gasteiger partial charge in [-0.15, -0.1) is 0 Å². The summed E-state index contributed by atoms with van der Waals surface area (Å²) in [5.41, 5.74) is 2.21. The number of methoxy groups -OCH3 is 1. The zero-order valence-corrected chi connectivity index (χ0v) is 11.6. The number of hydrogen-bond acceptors (Lipinski definition) is 3. The van der Waals surface area contributed by atoms with E-state index in [4.69, 9.17) is 9.84 Å². The van der Waals surface area contributed by atoms with E-state index in [0.717, 1.165) is 17.2 Å². The Morgan fingerprint density at radius 1 is 1.24 bits per heavy atom. The lowest BCUT2D eigenvalue weighted by Gasteiger charge is -2.10. The smallest absolute Gasteiger partial charge is 0.335 e. The van der Waals surface area contributed by atoms with Gasteiger partial charge < -0.3 is 15.2 Å². The van der Waals surface area contributed by atoms with Crippen LogP contribution in [0.1, 0.15) is 21.5 Å². The molecular weight excluding hydrogens is 273 g/mol. The van der Waals surface area contributed by atoms with Crippen LogP contribution in [0.3, 0.4) is 0 Å². The first kappa shape index (κ1) is 15.0. The van der Waals surface area contributed by atoms with Crippen LogP contribution in [0, 0.1) is 5.82 Å². The minimum absolute atomic E-state index is 0.0482. The second-order valence-electron chi connectivity index (χ2n) is 4.61. The normalized spacial score (nSPS) is 10.4. The van der Waals surface area contributed by atoms with E-state index in [1.54, 1.807) is 7.11 Å². The van der Waals surface area contributed by atoms with Crippen LogP contribution < -0.4 is 5.32 Å². The summed E-state index contributed by atoms with van der Waals surface area (Å²) in [7, 11) is 1.62. The first-order valence-electron chi connectivity index (χ1n) is 6.43. The van der Waals surface area contributed by atoms with E-state index in [0.29, 0.717) is 13.2 Å². The quantitative estimate of drug-likeness (QED) is 0.856. The van der Waals surface area contributed by atoms with Crippen LogP contribution in [-0.2, 0) is 17.9 Å². The molecular formula is C16H16FNO3. The van der Waals surface area contributed by atoms with Gasteiger partial charge >= 0.3 is 5.97 Å². The Labute approximate surface area is 122 Å². The number of carbonyl (C=O) groups is 1. The number of halogens is 1. The molecule has 0 aliphatic rings. The monoisotopic (exact) mass is 289 g/mol. The fourth-order valence-corrected chi connectivity index (χ4v) is 1.99. The molecule has 0 saturated carbocycles. The summed E-state index contributed by atoms with van der Waals surface area (Å²) in [6.07, 6.45) is 0. The van der Waals surface area contributed by atoms with Gasteiger partial charge in [0.1, 0.15) is 5.82 Å². The predicted molar refractivity (Wildman–Crippen MR) is 77.8 cm³/mol. The van der Waals surface area contributed by atoms with Crippen molar-refractivity contribution in [2.45, 2.75) is 13.2 Å². The highest BCUT2D eigenvalue weighted by Crippen LogP contribution is 2.17. The molecule has 2 N–H and O–H groups in total. The van der Waals surface area contributed by atoms with Gasteiger partial charge in [-0.1, -0.05) is 24.3 Å². The van der Waals surface area contributed by atoms with Crippen molar-refractivity contribution in [3.05, 3.63) is 65.0 Å². The van der Waals surface area contributed by atoms with Gasteiger partial charge in [-0.2, -0.15) is 0 Å². The standard InChI is InChI=1S/C16H16FNO3/c1-21-10-12-4-2-3-11(7-12)9-18-15-8-13(16(19)20)5-6-14(15)17/h2-8,18H,9-10H2,1H3,(H,19,20). The van der Waals surface area contributed by atoms with Crippen molar-refractivity contribution in [1.82, 2.24) is 0 Å². The highest BCUT2D eigenvalue weighted by atomic mass is 19.1. The van der Waals surface area contributed by atoms with Crippen molar-refractivity contribution >= 4 is 11.7 Å². The van der Waals surface area contributed by atoms with E-state index < -0.39 is 11.8 Å². The third-order valence-electron chi connectivity index (χ3n) is 3.00. The fourth-order valence-electron chi connectivity index (χ4n) is 1.99. The van der Waals surface area contributed by atoms with Gasteiger partial charge in [-0.25, -0.2) is 9.18 Å². The van der Waals surface area contributed by atoms with Crippen LogP contribution in [0.25, 0.3) is 0 Å². The van der Waals surface area contributed by atoms with Crippen LogP contribution in [0.15, 0.2) is 42.5 Å². The van der Waals surface area contributed by atoms with Gasteiger partial charge in [-0.05, 0) is 29.3 Å². The van der Waals surface area contributed by atoms with E-state index in [-0.39, 0.29) is 11.3 Å². The number of nitrogens with one attached hydrogen (secondary N) is 1. The lowest BCUT2D eigenvalue weighted by Crippen LogP contribution is -2.04. The Kier molecular flexibility index (Phi) is 4.90. The molecule has 0 amide bonds. The fraction of sp³-hybridized carbons (Fsp3) is 0.188. The molecule has 0 heterocycles. The number of hydrogen-bond donors (Lipinski definition) is 2. The third kappa shape index (κ3) is 4.03. The molecule has 0 fully saturated rings. The molecule has 2 aromatic carbocycles. The first-order valence-corrected chi connectivity index (χ1v) is 6.43. The van der Waals surface area contributed by atoms with Gasteiger partial charge in [0.25, 0.3) is 0 Å². The number of benzene rings is 2. The van der Waals surface area contributed by atoms with Crippen LogP contribution in [0.5, 0.6) is 0 Å². The number of aromatic carboxylic acids is 1. The highest BCUT2D eigenvalue weighted by Gasteiger charge is 2.08. The van der Waals surface area contributed by atoms with Crippen molar-refractivity contribution in [1.29, 1.82) is 0 Å². The average Bonchev–Trinajstić information content (AvgIpc) is 2.47. The molecule has 2 rings (SSSR count). The second kappa shape index (κ2) is 6.85. The Morgan fingerprint density at radius 3 is 2.71 bits per heavy atom. The summed E-state index contributed by atoms with van der Waals surface area (Å²) in [6.45, 7) is 0.911. The molecule has 0 radical (unpaired) electrons. The van der Waals surface area contributed by atoms with Crippen molar-refractivity contribution in [3.63, 3.8) is 0 Å². The maximum Gasteiger partial charge on any atom is 0.335 e. The molecule has 4 nitrogen and oxygen atoms in total. The Bertz CT molecular complexity index is 643. The zero-order valence-electron chi connectivity index (χ0n) is 11.6. The summed E-state index contributed by atoms with van der Waals surface area (Å²) in [4.78, 5) is 10.9. The summed E-state index contributed by atoms with van der Waals surface area (Å²) < 4.78 is 18.7. The Morgan fingerprint density at radius 2 is 2.00 bits per heavy atom. The molecule has 5 heteroatoms. The average molecular weight is 289 g/mol. The molecule has 0 aliphatic heterocycles. The summed E-state index contributed by atoms with van der Waals surface area (Å²) >= 11 is 0. The highest BCUT2D eigenvalue weighted by molar-refractivity contribution is 5.88. The molecule has 2 aromatic rings. The molecule has 0 aliphatic carbocycles. The number of rotatable bonds is 6. The number of ether oxygens (including phenoxy) is 1. The van der Waals surface area contributed by atoms with Gasteiger partial charge in [0.15, 0.2) is 0 Å². The summed E-state index contributed by atoms with van der Waals surface area (Å²) in [6, 6.07) is 11.4. The van der Waals surface area contributed by atoms with Crippen LogP contribution >= 0.6 is 0 Å². The van der Waals surface area contributed by atoms with Gasteiger partial charge in [0.2, 0.25) is 0 Å². The number of anilines is 1. The van der Waals surface area contributed by atoms with Gasteiger partial charge in [0.05, 0.1) is 17.9 Å². The number of carboxylic acids is 1. The van der Waals surface area contributed by atoms with Crippen molar-refractivity contribution in [2.75, 3.05) is 12.4 Å². The Balaban J connectivity index is 2.10. The van der Waals surface area contributed by atoms with Gasteiger partial charge in [-0.3, -0.25) is 0 Å². The maximum atomic E-state index is 13.7. The van der Waals surface area contributed by atoms with E-state index in [1.165, 1.54) is 12.1 Å². The molecule has 0 unspecified atom stereocenters. The van der Waals surface area contributed by atoms with Gasteiger partial charge in [0, 0.05) is 13.7 Å². The SMILES string of the molecule is COCc1cccc(CNc2cc(C(=O)O)ccc2F)c1. The summed E-state index contributed by atoms with van der Waals surface area (Å²) in [5, 5.41) is 11.8. The molecule has 21 heavy (non-hydrogen) atoms. The van der Waals surface area contributed by atoms with E-state index in [1.807, 2.05) is 24.3 Å². The first-order chi connectivity index (χ1) is 10.1. The topological polar surface area (TPSA) is 58.6 Å². The Hall–Kier alpha value is -2.40. The second-order valence-corrected chi connectivity index (χ2v) is 4.61. The predicted octanol–water partition coefficient (Wildman–Crippen LogP) is 3.28. The molecule has 0 spiro atoms. The molecule has 0 aromatic heterocycles. The molecule has 0 atom stereocenters. The minimum Gasteiger partial charge on any atom is -0.478 e. The summed E-state index contributed by atoms with van der Waals surface area (Å²) in [5.74, 6) is -1.56. The maximum absolute atomic E-state index is 13.7. The third-order valence-corrected chi connectivity index (χ3v) is 3.00. The van der Waals surface area contributed by atoms with Crippen LogP contribution in [0.4, 0.5) is 10.1 Å². The van der Waals surface area contributed by atoms with Crippen LogP contribution in [-0.4, -0.2) is 18.2 Å². The lowest BCUT2D eigenvalue weighted by atomic mass is 10.1. The van der Waals surface area contributed by atoms with E-state index in [9.17, 15) is 9.18 Å². The molecule has 110 valence electrons. The zero-order chi connectivity index (χ0) is 15.2. The van der Waals surface area contributed by atoms with Crippen LogP contribution in [0.2, 0.25) is 0 Å². The lowest BCUT2D eigenvalue weighted by molar-refractivity contribution is 0.0697. The largest absolute Gasteiger partial charge is 0.478 e. The molecule has 0 saturated heterocycles. The van der Waals surface area contributed by atoms with Crippen molar-refractivity contribution < 1.29 is 19.0 Å². The van der Waals surface area contributed by atoms with Crippen molar-refractivity contribution in [3.8, 4) is 0 Å². The van der Waals surface area contributed by atoms with Crippen molar-refractivity contribution in [2.24, 2.45) is 0 Å². The van der Waals surface area contributed by atoms with E-state index >= 15 is 0 Å².